The third-order valence-corrected chi connectivity index (χ3v) is 7.02. The minimum Gasteiger partial charge on any atom is -0.449 e. The first-order chi connectivity index (χ1) is 14.3. The number of amides is 1. The van der Waals surface area contributed by atoms with Crippen LogP contribution in [-0.4, -0.2) is 30.0 Å². The maximum absolute atomic E-state index is 12.4. The SMILES string of the molecule is CC1(C)CCCC(C(C)(O)CNC(=O)OCC2c3ccccc3-c3ccccc32)C1. The monoisotopic (exact) mass is 407 g/mol. The fraction of sp³-hybridized carbons (Fsp3) is 0.500. The van der Waals surface area contributed by atoms with Gasteiger partial charge in [0.25, 0.3) is 0 Å². The molecule has 2 aliphatic carbocycles. The molecule has 2 aromatic rings. The molecule has 0 spiro atoms. The smallest absolute Gasteiger partial charge is 0.407 e. The maximum Gasteiger partial charge on any atom is 0.407 e. The van der Waals surface area contributed by atoms with E-state index in [2.05, 4.69) is 43.4 Å². The summed E-state index contributed by atoms with van der Waals surface area (Å²) in [5.74, 6) is 0.234. The molecule has 4 rings (SSSR count). The van der Waals surface area contributed by atoms with Crippen LogP contribution in [0.2, 0.25) is 0 Å². The van der Waals surface area contributed by atoms with E-state index in [1.165, 1.54) is 28.7 Å². The highest BCUT2D eigenvalue weighted by Crippen LogP contribution is 2.45. The third-order valence-electron chi connectivity index (χ3n) is 7.02. The summed E-state index contributed by atoms with van der Waals surface area (Å²) < 4.78 is 5.60. The fourth-order valence-electron chi connectivity index (χ4n) is 5.27. The van der Waals surface area contributed by atoms with Crippen LogP contribution in [0.3, 0.4) is 0 Å². The van der Waals surface area contributed by atoms with Gasteiger partial charge >= 0.3 is 6.09 Å². The van der Waals surface area contributed by atoms with E-state index in [9.17, 15) is 9.90 Å². The average Bonchev–Trinajstić information content (AvgIpc) is 3.04. The van der Waals surface area contributed by atoms with Gasteiger partial charge in [-0.15, -0.1) is 0 Å². The van der Waals surface area contributed by atoms with Crippen LogP contribution in [0.25, 0.3) is 11.1 Å². The molecule has 0 bridgehead atoms. The minimum absolute atomic E-state index is 0.0443. The van der Waals surface area contributed by atoms with Gasteiger partial charge in [-0.1, -0.05) is 68.8 Å². The molecule has 1 amide bonds. The third kappa shape index (κ3) is 4.24. The number of carbonyl (C=O) groups is 1. The van der Waals surface area contributed by atoms with Crippen molar-refractivity contribution in [2.45, 2.75) is 58.0 Å². The van der Waals surface area contributed by atoms with Gasteiger partial charge in [-0.3, -0.25) is 0 Å². The Bertz CT molecular complexity index is 872. The van der Waals surface area contributed by atoms with Crippen molar-refractivity contribution in [2.75, 3.05) is 13.2 Å². The van der Waals surface area contributed by atoms with E-state index in [0.29, 0.717) is 6.61 Å². The molecule has 4 heteroatoms. The second kappa shape index (κ2) is 8.07. The van der Waals surface area contributed by atoms with E-state index >= 15 is 0 Å². The lowest BCUT2D eigenvalue weighted by atomic mass is 9.67. The highest BCUT2D eigenvalue weighted by Gasteiger charge is 2.39. The summed E-state index contributed by atoms with van der Waals surface area (Å²) in [7, 11) is 0. The predicted octanol–water partition coefficient (Wildman–Crippen LogP) is 5.49. The first kappa shape index (κ1) is 20.9. The van der Waals surface area contributed by atoms with Crippen LogP contribution in [0.1, 0.15) is 63.5 Å². The molecule has 0 aromatic heterocycles. The zero-order valence-corrected chi connectivity index (χ0v) is 18.3. The average molecular weight is 408 g/mol. The summed E-state index contributed by atoms with van der Waals surface area (Å²) in [6.07, 6.45) is 3.83. The topological polar surface area (TPSA) is 58.6 Å². The number of hydrogen-bond acceptors (Lipinski definition) is 3. The molecule has 30 heavy (non-hydrogen) atoms. The number of ether oxygens (including phenoxy) is 1. The Balaban J connectivity index is 1.35. The number of carbonyl (C=O) groups excluding carboxylic acids is 1. The first-order valence-electron chi connectivity index (χ1n) is 11.1. The predicted molar refractivity (Wildman–Crippen MR) is 119 cm³/mol. The van der Waals surface area contributed by atoms with Crippen molar-refractivity contribution in [3.63, 3.8) is 0 Å². The molecule has 1 saturated carbocycles. The van der Waals surface area contributed by atoms with Gasteiger partial charge < -0.3 is 15.2 Å². The Labute approximate surface area is 179 Å². The Morgan fingerprint density at radius 2 is 1.73 bits per heavy atom. The Kier molecular flexibility index (Phi) is 5.63. The second-order valence-electron chi connectivity index (χ2n) is 9.99. The van der Waals surface area contributed by atoms with Gasteiger partial charge in [0, 0.05) is 12.5 Å². The summed E-state index contributed by atoms with van der Waals surface area (Å²) in [6, 6.07) is 16.6. The van der Waals surface area contributed by atoms with Crippen molar-refractivity contribution in [2.24, 2.45) is 11.3 Å². The summed E-state index contributed by atoms with van der Waals surface area (Å²) >= 11 is 0. The molecule has 1 fully saturated rings. The van der Waals surface area contributed by atoms with Crippen molar-refractivity contribution in [3.8, 4) is 11.1 Å². The van der Waals surface area contributed by atoms with Gasteiger partial charge in [0.05, 0.1) is 5.60 Å². The molecule has 0 aliphatic heterocycles. The van der Waals surface area contributed by atoms with Crippen LogP contribution in [0.15, 0.2) is 48.5 Å². The summed E-state index contributed by atoms with van der Waals surface area (Å²) in [4.78, 5) is 12.4. The van der Waals surface area contributed by atoms with E-state index < -0.39 is 11.7 Å². The molecule has 0 heterocycles. The van der Waals surface area contributed by atoms with Crippen LogP contribution in [-0.2, 0) is 4.74 Å². The van der Waals surface area contributed by atoms with Crippen LogP contribution in [0.4, 0.5) is 4.79 Å². The Morgan fingerprint density at radius 1 is 1.13 bits per heavy atom. The van der Waals surface area contributed by atoms with Gasteiger partial charge in [0.1, 0.15) is 6.61 Å². The highest BCUT2D eigenvalue weighted by molar-refractivity contribution is 5.79. The molecule has 0 saturated heterocycles. The van der Waals surface area contributed by atoms with Crippen molar-refractivity contribution < 1.29 is 14.6 Å². The Hall–Kier alpha value is -2.33. The number of alkyl carbamates (subject to hydrolysis) is 1. The molecule has 2 aliphatic rings. The molecule has 2 unspecified atom stereocenters. The molecule has 160 valence electrons. The van der Waals surface area contributed by atoms with Crippen molar-refractivity contribution >= 4 is 6.09 Å². The standard InChI is InChI=1S/C26H33NO3/c1-25(2)14-8-9-18(15-25)26(3,29)17-27-24(28)30-16-23-21-12-6-4-10-19(21)20-11-5-7-13-22(20)23/h4-7,10-13,18,23,29H,8-9,14-17H2,1-3H3,(H,27,28). The van der Waals surface area contributed by atoms with E-state index in [0.717, 1.165) is 19.3 Å². The molecular weight excluding hydrogens is 374 g/mol. The Morgan fingerprint density at radius 3 is 2.33 bits per heavy atom. The molecule has 2 aromatic carbocycles. The van der Waals surface area contributed by atoms with Gasteiger partial charge in [-0.25, -0.2) is 4.79 Å². The lowest BCUT2D eigenvalue weighted by Gasteiger charge is -2.42. The van der Waals surface area contributed by atoms with Gasteiger partial charge in [0.15, 0.2) is 0 Å². The quantitative estimate of drug-likeness (QED) is 0.689. The van der Waals surface area contributed by atoms with Crippen molar-refractivity contribution in [1.82, 2.24) is 5.32 Å². The molecule has 2 atom stereocenters. The normalized spacial score (nSPS) is 21.9. The van der Waals surface area contributed by atoms with E-state index in [4.69, 9.17) is 4.74 Å². The lowest BCUT2D eigenvalue weighted by Crippen LogP contribution is -2.48. The molecule has 4 nitrogen and oxygen atoms in total. The van der Waals surface area contributed by atoms with Gasteiger partial charge in [-0.2, -0.15) is 0 Å². The van der Waals surface area contributed by atoms with E-state index in [1.807, 2.05) is 31.2 Å². The van der Waals surface area contributed by atoms with E-state index in [1.54, 1.807) is 0 Å². The fourth-order valence-corrected chi connectivity index (χ4v) is 5.27. The van der Waals surface area contributed by atoms with Gasteiger partial charge in [-0.05, 0) is 59.8 Å². The van der Waals surface area contributed by atoms with E-state index in [-0.39, 0.29) is 23.8 Å². The zero-order valence-electron chi connectivity index (χ0n) is 18.3. The van der Waals surface area contributed by atoms with Crippen LogP contribution < -0.4 is 5.32 Å². The number of hydrogen-bond donors (Lipinski definition) is 2. The van der Waals surface area contributed by atoms with Crippen molar-refractivity contribution in [1.29, 1.82) is 0 Å². The summed E-state index contributed by atoms with van der Waals surface area (Å²) in [6.45, 7) is 6.86. The number of aliphatic hydroxyl groups is 1. The number of nitrogens with one attached hydrogen (secondary N) is 1. The second-order valence-corrected chi connectivity index (χ2v) is 9.99. The first-order valence-corrected chi connectivity index (χ1v) is 11.1. The zero-order chi connectivity index (χ0) is 21.4. The molecular formula is C26H33NO3. The van der Waals surface area contributed by atoms with Crippen LogP contribution in [0.5, 0.6) is 0 Å². The van der Waals surface area contributed by atoms with Crippen LogP contribution in [0, 0.1) is 11.3 Å². The number of fused-ring (bicyclic) bond motifs is 3. The maximum atomic E-state index is 12.4. The largest absolute Gasteiger partial charge is 0.449 e. The summed E-state index contributed by atoms with van der Waals surface area (Å²) in [5.41, 5.74) is 4.14. The van der Waals surface area contributed by atoms with Gasteiger partial charge in [0.2, 0.25) is 0 Å². The van der Waals surface area contributed by atoms with Crippen LogP contribution >= 0.6 is 0 Å². The highest BCUT2D eigenvalue weighted by atomic mass is 16.5. The number of rotatable bonds is 5. The lowest BCUT2D eigenvalue weighted by molar-refractivity contribution is -0.0361. The minimum atomic E-state index is -0.927. The molecule has 2 N–H and O–H groups in total. The number of benzene rings is 2. The summed E-state index contributed by atoms with van der Waals surface area (Å²) in [5, 5.41) is 13.8. The molecule has 0 radical (unpaired) electrons. The van der Waals surface area contributed by atoms with Crippen molar-refractivity contribution in [3.05, 3.63) is 59.7 Å².